The standard InChI is InChI=1S/C18H18BrN3O4/c19-16-4-1-11(9-21-16)7-17(23)22-14-3-2-12(18(24)25)8-15(14)20-10-13-5-6-26-13/h1-4,8-9,13,20H,5-7,10H2,(H,22,23)(H,24,25). The number of carbonyl (C=O) groups excluding carboxylic acids is 1. The fourth-order valence-electron chi connectivity index (χ4n) is 2.49. The number of pyridine rings is 1. The van der Waals surface area contributed by atoms with Crippen LogP contribution in [-0.2, 0) is 16.0 Å². The molecule has 0 spiro atoms. The van der Waals surface area contributed by atoms with Crippen molar-refractivity contribution in [3.8, 4) is 0 Å². The minimum absolute atomic E-state index is 0.112. The van der Waals surface area contributed by atoms with Crippen LogP contribution in [0.4, 0.5) is 11.4 Å². The van der Waals surface area contributed by atoms with E-state index in [0.717, 1.165) is 18.6 Å². The summed E-state index contributed by atoms with van der Waals surface area (Å²) >= 11 is 3.25. The second-order valence-electron chi connectivity index (χ2n) is 5.94. The number of aromatic nitrogens is 1. The summed E-state index contributed by atoms with van der Waals surface area (Å²) in [4.78, 5) is 27.6. The lowest BCUT2D eigenvalue weighted by Crippen LogP contribution is -2.33. The number of nitrogens with one attached hydrogen (secondary N) is 2. The van der Waals surface area contributed by atoms with Gasteiger partial charge in [-0.25, -0.2) is 9.78 Å². The summed E-state index contributed by atoms with van der Waals surface area (Å²) in [5.41, 5.74) is 2.02. The minimum Gasteiger partial charge on any atom is -0.478 e. The maximum atomic E-state index is 12.3. The van der Waals surface area contributed by atoms with E-state index in [4.69, 9.17) is 4.74 Å². The molecular formula is C18H18BrN3O4. The molecule has 1 unspecified atom stereocenters. The fraction of sp³-hybridized carbons (Fsp3) is 0.278. The van der Waals surface area contributed by atoms with Crippen molar-refractivity contribution in [2.45, 2.75) is 18.9 Å². The van der Waals surface area contributed by atoms with Crippen LogP contribution in [0.5, 0.6) is 0 Å². The van der Waals surface area contributed by atoms with Gasteiger partial charge in [-0.3, -0.25) is 4.79 Å². The summed E-state index contributed by atoms with van der Waals surface area (Å²) in [6, 6.07) is 8.15. The Balaban J connectivity index is 1.70. The molecule has 136 valence electrons. The molecule has 1 aromatic carbocycles. The van der Waals surface area contributed by atoms with E-state index in [1.165, 1.54) is 12.1 Å². The molecule has 1 aliphatic rings. The summed E-state index contributed by atoms with van der Waals surface area (Å²) in [5.74, 6) is -1.23. The molecule has 1 atom stereocenters. The molecule has 0 saturated carbocycles. The van der Waals surface area contributed by atoms with Crippen molar-refractivity contribution in [1.29, 1.82) is 0 Å². The topological polar surface area (TPSA) is 101 Å². The first kappa shape index (κ1) is 18.3. The summed E-state index contributed by atoms with van der Waals surface area (Å²) in [6.07, 6.45) is 2.88. The highest BCUT2D eigenvalue weighted by molar-refractivity contribution is 9.10. The molecule has 0 bridgehead atoms. The van der Waals surface area contributed by atoms with Gasteiger partial charge in [0.15, 0.2) is 0 Å². The third kappa shape index (κ3) is 4.80. The van der Waals surface area contributed by atoms with Gasteiger partial charge in [-0.2, -0.15) is 0 Å². The molecule has 7 nitrogen and oxygen atoms in total. The number of benzene rings is 1. The van der Waals surface area contributed by atoms with Gasteiger partial charge in [-0.15, -0.1) is 0 Å². The van der Waals surface area contributed by atoms with Crippen LogP contribution >= 0.6 is 15.9 Å². The highest BCUT2D eigenvalue weighted by Gasteiger charge is 2.19. The Labute approximate surface area is 158 Å². The SMILES string of the molecule is O=C(Cc1ccc(Br)nc1)Nc1ccc(C(=O)O)cc1NCC1CCO1. The van der Waals surface area contributed by atoms with E-state index >= 15 is 0 Å². The molecule has 1 saturated heterocycles. The Kier molecular flexibility index (Phi) is 5.85. The van der Waals surface area contributed by atoms with Gasteiger partial charge in [0.2, 0.25) is 5.91 Å². The lowest BCUT2D eigenvalue weighted by molar-refractivity contribution is -0.115. The van der Waals surface area contributed by atoms with Crippen molar-refractivity contribution < 1.29 is 19.4 Å². The normalized spacial score (nSPS) is 15.8. The maximum absolute atomic E-state index is 12.3. The third-order valence-corrected chi connectivity index (χ3v) is 4.48. The Hall–Kier alpha value is -2.45. The summed E-state index contributed by atoms with van der Waals surface area (Å²) < 4.78 is 6.07. The van der Waals surface area contributed by atoms with Crippen LogP contribution in [0.25, 0.3) is 0 Å². The molecule has 1 amide bonds. The predicted octanol–water partition coefficient (Wildman–Crippen LogP) is 2.92. The second-order valence-corrected chi connectivity index (χ2v) is 6.75. The lowest BCUT2D eigenvalue weighted by atomic mass is 10.1. The lowest BCUT2D eigenvalue weighted by Gasteiger charge is -2.27. The number of hydrogen-bond donors (Lipinski definition) is 3. The summed E-state index contributed by atoms with van der Waals surface area (Å²) in [7, 11) is 0. The number of carboxylic acid groups (broad SMARTS) is 1. The fourth-order valence-corrected chi connectivity index (χ4v) is 2.73. The van der Waals surface area contributed by atoms with E-state index in [2.05, 4.69) is 31.5 Å². The van der Waals surface area contributed by atoms with Crippen molar-refractivity contribution in [2.75, 3.05) is 23.8 Å². The van der Waals surface area contributed by atoms with Gasteiger partial charge in [0.05, 0.1) is 29.5 Å². The van der Waals surface area contributed by atoms with E-state index in [1.807, 2.05) is 6.07 Å². The molecule has 26 heavy (non-hydrogen) atoms. The van der Waals surface area contributed by atoms with Gasteiger partial charge in [0, 0.05) is 19.3 Å². The van der Waals surface area contributed by atoms with Gasteiger partial charge < -0.3 is 20.5 Å². The number of nitrogens with zero attached hydrogens (tertiary/aromatic N) is 1. The largest absolute Gasteiger partial charge is 0.478 e. The highest BCUT2D eigenvalue weighted by atomic mass is 79.9. The predicted molar refractivity (Wildman–Crippen MR) is 101 cm³/mol. The van der Waals surface area contributed by atoms with Gasteiger partial charge in [0.1, 0.15) is 4.60 Å². The van der Waals surface area contributed by atoms with Crippen LogP contribution in [0.15, 0.2) is 41.1 Å². The second kappa shape index (κ2) is 8.29. The molecule has 2 aromatic rings. The number of carboxylic acids is 1. The van der Waals surface area contributed by atoms with Crippen LogP contribution < -0.4 is 10.6 Å². The highest BCUT2D eigenvalue weighted by Crippen LogP contribution is 2.25. The van der Waals surface area contributed by atoms with Crippen LogP contribution in [0.2, 0.25) is 0 Å². The Morgan fingerprint density at radius 2 is 2.08 bits per heavy atom. The smallest absolute Gasteiger partial charge is 0.335 e. The van der Waals surface area contributed by atoms with Gasteiger partial charge in [-0.1, -0.05) is 6.07 Å². The van der Waals surface area contributed by atoms with E-state index in [0.29, 0.717) is 22.5 Å². The molecule has 3 rings (SSSR count). The van der Waals surface area contributed by atoms with Crippen molar-refractivity contribution >= 4 is 39.2 Å². The Bertz CT molecular complexity index is 807. The quantitative estimate of drug-likeness (QED) is 0.596. The van der Waals surface area contributed by atoms with Crippen LogP contribution in [-0.4, -0.2) is 41.2 Å². The maximum Gasteiger partial charge on any atom is 0.335 e. The molecule has 2 heterocycles. The third-order valence-electron chi connectivity index (χ3n) is 4.01. The average Bonchev–Trinajstić information content (AvgIpc) is 2.56. The zero-order chi connectivity index (χ0) is 18.5. The number of amides is 1. The number of halogens is 1. The number of ether oxygens (including phenoxy) is 1. The molecule has 1 fully saturated rings. The van der Waals surface area contributed by atoms with Crippen molar-refractivity contribution in [1.82, 2.24) is 4.98 Å². The van der Waals surface area contributed by atoms with E-state index in [1.54, 1.807) is 18.3 Å². The zero-order valence-corrected chi connectivity index (χ0v) is 15.5. The van der Waals surface area contributed by atoms with Crippen LogP contribution in [0, 0.1) is 0 Å². The number of rotatable bonds is 7. The van der Waals surface area contributed by atoms with Gasteiger partial charge in [-0.05, 0) is 52.2 Å². The van der Waals surface area contributed by atoms with Crippen LogP contribution in [0.1, 0.15) is 22.3 Å². The molecule has 3 N–H and O–H groups in total. The summed E-state index contributed by atoms with van der Waals surface area (Å²) in [5, 5.41) is 15.2. The zero-order valence-electron chi connectivity index (χ0n) is 13.9. The monoisotopic (exact) mass is 419 g/mol. The molecule has 8 heteroatoms. The van der Waals surface area contributed by atoms with Crippen molar-refractivity contribution in [3.63, 3.8) is 0 Å². The van der Waals surface area contributed by atoms with Gasteiger partial charge >= 0.3 is 5.97 Å². The van der Waals surface area contributed by atoms with E-state index < -0.39 is 5.97 Å². The molecule has 1 aliphatic heterocycles. The van der Waals surface area contributed by atoms with E-state index in [-0.39, 0.29) is 24.0 Å². The molecule has 0 aliphatic carbocycles. The minimum atomic E-state index is -1.02. The molecule has 0 radical (unpaired) electrons. The van der Waals surface area contributed by atoms with E-state index in [9.17, 15) is 14.7 Å². The first-order valence-corrected chi connectivity index (χ1v) is 8.93. The number of carbonyl (C=O) groups is 2. The average molecular weight is 420 g/mol. The Morgan fingerprint density at radius 3 is 2.69 bits per heavy atom. The first-order chi connectivity index (χ1) is 12.5. The molecular weight excluding hydrogens is 402 g/mol. The number of hydrogen-bond acceptors (Lipinski definition) is 5. The number of aromatic carboxylic acids is 1. The first-order valence-electron chi connectivity index (χ1n) is 8.14. The van der Waals surface area contributed by atoms with Crippen LogP contribution in [0.3, 0.4) is 0 Å². The Morgan fingerprint density at radius 1 is 1.27 bits per heavy atom. The van der Waals surface area contributed by atoms with Gasteiger partial charge in [0.25, 0.3) is 0 Å². The number of anilines is 2. The molecule has 1 aromatic heterocycles. The van der Waals surface area contributed by atoms with Crippen molar-refractivity contribution in [3.05, 3.63) is 52.3 Å². The van der Waals surface area contributed by atoms with Crippen molar-refractivity contribution in [2.24, 2.45) is 0 Å². The summed E-state index contributed by atoms with van der Waals surface area (Å²) in [6.45, 7) is 1.30.